The smallest absolute Gasteiger partial charge is 0.249 e. The molecule has 0 aliphatic heterocycles. The molecule has 5 heteroatoms. The molecular formula is C45H91NO4. The first kappa shape index (κ1) is 49.4. The third kappa shape index (κ3) is 35.7. The maximum atomic E-state index is 12.5. The van der Waals surface area contributed by atoms with E-state index in [2.05, 4.69) is 19.2 Å². The van der Waals surface area contributed by atoms with Gasteiger partial charge < -0.3 is 20.6 Å². The molecule has 0 bridgehead atoms. The van der Waals surface area contributed by atoms with Gasteiger partial charge in [0.1, 0.15) is 6.10 Å². The predicted octanol–water partition coefficient (Wildman–Crippen LogP) is 13.0. The maximum Gasteiger partial charge on any atom is 0.249 e. The van der Waals surface area contributed by atoms with E-state index in [4.69, 9.17) is 0 Å². The maximum absolute atomic E-state index is 12.5. The van der Waals surface area contributed by atoms with Gasteiger partial charge in [-0.05, 0) is 12.8 Å². The average Bonchev–Trinajstić information content (AvgIpc) is 3.12. The molecule has 0 aromatic heterocycles. The summed E-state index contributed by atoms with van der Waals surface area (Å²) < 4.78 is 0. The third-order valence-electron chi connectivity index (χ3n) is 11.0. The van der Waals surface area contributed by atoms with Crippen LogP contribution in [0.1, 0.15) is 258 Å². The van der Waals surface area contributed by atoms with Crippen molar-refractivity contribution in [1.29, 1.82) is 0 Å². The van der Waals surface area contributed by atoms with Gasteiger partial charge in [0.05, 0.1) is 18.8 Å². The van der Waals surface area contributed by atoms with Gasteiger partial charge in [-0.1, -0.05) is 245 Å². The summed E-state index contributed by atoms with van der Waals surface area (Å²) in [5.41, 5.74) is 0. The van der Waals surface area contributed by atoms with Crippen molar-refractivity contribution < 1.29 is 20.1 Å². The predicted molar refractivity (Wildman–Crippen MR) is 218 cm³/mol. The number of nitrogens with one attached hydrogen (secondary N) is 1. The summed E-state index contributed by atoms with van der Waals surface area (Å²) in [6, 6.07) is -0.705. The molecule has 0 heterocycles. The number of aliphatic hydroxyl groups is 3. The Bertz CT molecular complexity index is 659. The summed E-state index contributed by atoms with van der Waals surface area (Å²) in [6.45, 7) is 4.25. The highest BCUT2D eigenvalue weighted by Gasteiger charge is 2.23. The minimum atomic E-state index is -1.07. The van der Waals surface area contributed by atoms with Gasteiger partial charge in [0, 0.05) is 0 Å². The minimum absolute atomic E-state index is 0.308. The molecule has 0 aromatic carbocycles. The molecule has 4 N–H and O–H groups in total. The van der Waals surface area contributed by atoms with Crippen molar-refractivity contribution in [1.82, 2.24) is 5.32 Å². The number of hydrogen-bond donors (Lipinski definition) is 4. The quantitative estimate of drug-likeness (QED) is 0.0475. The molecule has 300 valence electrons. The molecule has 1 amide bonds. The van der Waals surface area contributed by atoms with Crippen molar-refractivity contribution in [3.63, 3.8) is 0 Å². The summed E-state index contributed by atoms with van der Waals surface area (Å²) in [7, 11) is 0. The van der Waals surface area contributed by atoms with Crippen LogP contribution in [0.25, 0.3) is 0 Å². The van der Waals surface area contributed by atoms with Crippen molar-refractivity contribution in [3.05, 3.63) is 0 Å². The Kier molecular flexibility index (Phi) is 40.6. The van der Waals surface area contributed by atoms with Crippen LogP contribution in [0.5, 0.6) is 0 Å². The van der Waals surface area contributed by atoms with E-state index >= 15 is 0 Å². The van der Waals surface area contributed by atoms with Crippen LogP contribution >= 0.6 is 0 Å². The molecule has 0 fully saturated rings. The molecule has 0 saturated heterocycles. The highest BCUT2D eigenvalue weighted by molar-refractivity contribution is 5.80. The summed E-state index contributed by atoms with van der Waals surface area (Å²) in [6.07, 6.45) is 46.8. The topological polar surface area (TPSA) is 89.8 Å². The van der Waals surface area contributed by atoms with E-state index in [0.717, 1.165) is 32.1 Å². The SMILES string of the molecule is CCCCCCCCCCCCCCCCCCCCCCCCCC(O)C(=O)N[C@@H](CO)[C@H](O)CCCCCCCCCCCCCCC. The largest absolute Gasteiger partial charge is 0.394 e. The van der Waals surface area contributed by atoms with Gasteiger partial charge in [0.15, 0.2) is 0 Å². The molecule has 1 unspecified atom stereocenters. The van der Waals surface area contributed by atoms with Crippen molar-refractivity contribution >= 4 is 5.91 Å². The fourth-order valence-corrected chi connectivity index (χ4v) is 7.37. The van der Waals surface area contributed by atoms with Gasteiger partial charge in [-0.25, -0.2) is 0 Å². The molecule has 3 atom stereocenters. The van der Waals surface area contributed by atoms with Crippen LogP contribution in [-0.2, 0) is 4.79 Å². The number of hydrogen-bond acceptors (Lipinski definition) is 4. The normalized spacial score (nSPS) is 13.5. The van der Waals surface area contributed by atoms with E-state index in [1.807, 2.05) is 0 Å². The Labute approximate surface area is 313 Å². The van der Waals surface area contributed by atoms with Crippen LogP contribution in [0.2, 0.25) is 0 Å². The molecule has 50 heavy (non-hydrogen) atoms. The molecule has 0 aliphatic rings. The molecule has 0 saturated carbocycles. The highest BCUT2D eigenvalue weighted by atomic mass is 16.3. The number of carbonyl (C=O) groups is 1. The van der Waals surface area contributed by atoms with Crippen LogP contribution in [0.4, 0.5) is 0 Å². The Morgan fingerprint density at radius 2 is 0.640 bits per heavy atom. The zero-order valence-electron chi connectivity index (χ0n) is 34.1. The van der Waals surface area contributed by atoms with E-state index in [0.29, 0.717) is 12.8 Å². The molecule has 0 radical (unpaired) electrons. The van der Waals surface area contributed by atoms with E-state index in [-0.39, 0.29) is 6.61 Å². The van der Waals surface area contributed by atoms with Crippen LogP contribution in [0.3, 0.4) is 0 Å². The number of amides is 1. The Hall–Kier alpha value is -0.650. The van der Waals surface area contributed by atoms with Crippen LogP contribution in [0.15, 0.2) is 0 Å². The van der Waals surface area contributed by atoms with Crippen molar-refractivity contribution in [2.75, 3.05) is 6.61 Å². The second-order valence-corrected chi connectivity index (χ2v) is 16.0. The molecule has 0 aliphatic carbocycles. The van der Waals surface area contributed by atoms with Crippen molar-refractivity contribution in [2.45, 2.75) is 276 Å². The van der Waals surface area contributed by atoms with Gasteiger partial charge in [-0.2, -0.15) is 0 Å². The van der Waals surface area contributed by atoms with Crippen molar-refractivity contribution in [3.8, 4) is 0 Å². The van der Waals surface area contributed by atoms with Gasteiger partial charge in [-0.15, -0.1) is 0 Å². The zero-order chi connectivity index (χ0) is 36.6. The number of aliphatic hydroxyl groups excluding tert-OH is 3. The number of unbranched alkanes of at least 4 members (excludes halogenated alkanes) is 34. The summed E-state index contributed by atoms with van der Waals surface area (Å²) in [5, 5.41) is 33.3. The lowest BCUT2D eigenvalue weighted by Crippen LogP contribution is -2.49. The average molecular weight is 710 g/mol. The minimum Gasteiger partial charge on any atom is -0.394 e. The lowest BCUT2D eigenvalue weighted by atomic mass is 10.0. The highest BCUT2D eigenvalue weighted by Crippen LogP contribution is 2.17. The molecule has 0 spiro atoms. The number of rotatable bonds is 42. The second kappa shape index (κ2) is 41.1. The summed E-state index contributed by atoms with van der Waals surface area (Å²) in [4.78, 5) is 12.5. The third-order valence-corrected chi connectivity index (χ3v) is 11.0. The van der Waals surface area contributed by atoms with Gasteiger partial charge in [0.2, 0.25) is 5.91 Å². The monoisotopic (exact) mass is 710 g/mol. The van der Waals surface area contributed by atoms with E-state index in [1.165, 1.54) is 199 Å². The Morgan fingerprint density at radius 3 is 0.900 bits per heavy atom. The second-order valence-electron chi connectivity index (χ2n) is 16.0. The first-order valence-corrected chi connectivity index (χ1v) is 22.8. The van der Waals surface area contributed by atoms with E-state index in [1.54, 1.807) is 0 Å². The van der Waals surface area contributed by atoms with Gasteiger partial charge >= 0.3 is 0 Å². The van der Waals surface area contributed by atoms with Crippen LogP contribution in [-0.4, -0.2) is 46.1 Å². The van der Waals surface area contributed by atoms with Gasteiger partial charge in [-0.3, -0.25) is 4.79 Å². The molecule has 5 nitrogen and oxygen atoms in total. The standard InChI is InChI=1S/C45H91NO4/c1-3-5-7-9-11-13-15-17-18-19-20-21-22-23-24-25-26-28-30-32-34-36-38-40-44(49)45(50)46-42(41-47)43(48)39-37-35-33-31-29-27-16-14-12-10-8-6-4-2/h42-44,47-49H,3-41H2,1-2H3,(H,46,50)/t42-,43+,44?/m0/s1. The van der Waals surface area contributed by atoms with Crippen LogP contribution < -0.4 is 5.32 Å². The summed E-state index contributed by atoms with van der Waals surface area (Å²) in [5.74, 6) is -0.465. The molecular weight excluding hydrogens is 618 g/mol. The first-order valence-electron chi connectivity index (χ1n) is 22.8. The lowest BCUT2D eigenvalue weighted by molar-refractivity contribution is -0.131. The number of carbonyl (C=O) groups excluding carboxylic acids is 1. The first-order chi connectivity index (χ1) is 24.6. The Morgan fingerprint density at radius 1 is 0.400 bits per heavy atom. The van der Waals surface area contributed by atoms with Crippen molar-refractivity contribution in [2.24, 2.45) is 0 Å². The fourth-order valence-electron chi connectivity index (χ4n) is 7.37. The molecule has 0 rings (SSSR count). The lowest BCUT2D eigenvalue weighted by Gasteiger charge is -2.23. The van der Waals surface area contributed by atoms with Gasteiger partial charge in [0.25, 0.3) is 0 Å². The van der Waals surface area contributed by atoms with Crippen LogP contribution in [0, 0.1) is 0 Å². The van der Waals surface area contributed by atoms with E-state index < -0.39 is 24.2 Å². The van der Waals surface area contributed by atoms with E-state index in [9.17, 15) is 20.1 Å². The zero-order valence-corrected chi connectivity index (χ0v) is 34.1. The fraction of sp³-hybridized carbons (Fsp3) is 0.978. The summed E-state index contributed by atoms with van der Waals surface area (Å²) >= 11 is 0. The Balaban J connectivity index is 3.53. The molecule has 0 aromatic rings.